The molecule has 0 fully saturated rings. The summed E-state index contributed by atoms with van der Waals surface area (Å²) in [6.45, 7) is 1.03. The number of amides is 1. The Morgan fingerprint density at radius 1 is 0.967 bits per heavy atom. The fraction of sp³-hybridized carbons (Fsp3) is 0.200. The first-order valence-electron chi connectivity index (χ1n) is 10.3. The standard InChI is InChI=1S/C25H22ClN3O/c26-20-13-11-18(12-14-20)16-24-27-21-8-2-4-10-23(21)29(24)17-25(30)28-15-5-7-19-6-1-3-9-22(19)28/h1-4,6,8-14H,5,7,15-17H2. The minimum Gasteiger partial charge on any atom is -0.318 e. The molecule has 4 aromatic rings. The van der Waals surface area contributed by atoms with Crippen LogP contribution in [-0.2, 0) is 24.2 Å². The molecule has 1 amide bonds. The molecule has 0 spiro atoms. The van der Waals surface area contributed by atoms with Crippen molar-refractivity contribution in [3.05, 3.63) is 94.8 Å². The van der Waals surface area contributed by atoms with E-state index in [0.29, 0.717) is 11.4 Å². The van der Waals surface area contributed by atoms with E-state index in [4.69, 9.17) is 16.6 Å². The molecule has 5 heteroatoms. The normalized spacial score (nSPS) is 13.4. The van der Waals surface area contributed by atoms with Crippen molar-refractivity contribution in [2.75, 3.05) is 11.4 Å². The maximum atomic E-state index is 13.4. The molecule has 2 heterocycles. The van der Waals surface area contributed by atoms with E-state index in [0.717, 1.165) is 47.5 Å². The number of aromatic nitrogens is 2. The molecular weight excluding hydrogens is 394 g/mol. The van der Waals surface area contributed by atoms with Crippen molar-refractivity contribution in [1.29, 1.82) is 0 Å². The quantitative estimate of drug-likeness (QED) is 0.456. The van der Waals surface area contributed by atoms with E-state index in [1.54, 1.807) is 0 Å². The van der Waals surface area contributed by atoms with E-state index in [-0.39, 0.29) is 12.5 Å². The molecule has 4 nitrogen and oxygen atoms in total. The summed E-state index contributed by atoms with van der Waals surface area (Å²) in [6, 6.07) is 24.0. The summed E-state index contributed by atoms with van der Waals surface area (Å²) in [5, 5.41) is 0.714. The van der Waals surface area contributed by atoms with Gasteiger partial charge < -0.3 is 9.47 Å². The van der Waals surface area contributed by atoms with Crippen molar-refractivity contribution in [2.45, 2.75) is 25.8 Å². The Hall–Kier alpha value is -3.11. The van der Waals surface area contributed by atoms with E-state index < -0.39 is 0 Å². The molecule has 5 rings (SSSR count). The Balaban J connectivity index is 1.49. The highest BCUT2D eigenvalue weighted by Gasteiger charge is 2.24. The fourth-order valence-corrected chi connectivity index (χ4v) is 4.36. The second-order valence-corrected chi connectivity index (χ2v) is 8.12. The van der Waals surface area contributed by atoms with Crippen LogP contribution in [0.1, 0.15) is 23.4 Å². The maximum absolute atomic E-state index is 13.4. The number of hydrogen-bond donors (Lipinski definition) is 0. The zero-order valence-corrected chi connectivity index (χ0v) is 17.3. The van der Waals surface area contributed by atoms with Gasteiger partial charge in [0, 0.05) is 23.7 Å². The Bertz CT molecular complexity index is 1210. The molecule has 0 atom stereocenters. The SMILES string of the molecule is O=C(Cn1c(Cc2ccc(Cl)cc2)nc2ccccc21)N1CCCc2ccccc21. The van der Waals surface area contributed by atoms with Gasteiger partial charge in [0.1, 0.15) is 12.4 Å². The topological polar surface area (TPSA) is 38.1 Å². The molecule has 1 aromatic heterocycles. The number of carbonyl (C=O) groups excluding carboxylic acids is 1. The van der Waals surface area contributed by atoms with Crippen LogP contribution in [0, 0.1) is 0 Å². The van der Waals surface area contributed by atoms with E-state index in [9.17, 15) is 4.79 Å². The first-order valence-corrected chi connectivity index (χ1v) is 10.6. The third kappa shape index (κ3) is 3.59. The number of rotatable bonds is 4. The molecule has 0 unspecified atom stereocenters. The monoisotopic (exact) mass is 415 g/mol. The van der Waals surface area contributed by atoms with Gasteiger partial charge in [-0.25, -0.2) is 4.98 Å². The highest BCUT2D eigenvalue weighted by molar-refractivity contribution is 6.30. The zero-order valence-electron chi connectivity index (χ0n) is 16.6. The van der Waals surface area contributed by atoms with Gasteiger partial charge in [-0.2, -0.15) is 0 Å². The zero-order chi connectivity index (χ0) is 20.5. The Morgan fingerprint density at radius 2 is 1.73 bits per heavy atom. The number of nitrogens with zero attached hydrogens (tertiary/aromatic N) is 3. The van der Waals surface area contributed by atoms with E-state index in [1.165, 1.54) is 5.56 Å². The molecule has 0 bridgehead atoms. The summed E-state index contributed by atoms with van der Waals surface area (Å²) in [4.78, 5) is 20.1. The Labute approximate surface area is 180 Å². The molecule has 150 valence electrons. The summed E-state index contributed by atoms with van der Waals surface area (Å²) in [5.74, 6) is 0.986. The average Bonchev–Trinajstić information content (AvgIpc) is 3.12. The van der Waals surface area contributed by atoms with Crippen LogP contribution in [0.4, 0.5) is 5.69 Å². The summed E-state index contributed by atoms with van der Waals surface area (Å²) in [5.41, 5.74) is 5.30. The number of halogens is 1. The van der Waals surface area contributed by atoms with Gasteiger partial charge in [0.25, 0.3) is 0 Å². The molecule has 0 saturated carbocycles. The summed E-state index contributed by atoms with van der Waals surface area (Å²) >= 11 is 6.04. The third-order valence-corrected chi connectivity index (χ3v) is 5.97. The largest absolute Gasteiger partial charge is 0.318 e. The predicted molar refractivity (Wildman–Crippen MR) is 121 cm³/mol. The number of carbonyl (C=O) groups is 1. The minimum absolute atomic E-state index is 0.0997. The second-order valence-electron chi connectivity index (χ2n) is 7.68. The van der Waals surface area contributed by atoms with Gasteiger partial charge in [-0.05, 0) is 54.3 Å². The van der Waals surface area contributed by atoms with Gasteiger partial charge in [0.2, 0.25) is 5.91 Å². The molecule has 1 aliphatic heterocycles. The lowest BCUT2D eigenvalue weighted by atomic mass is 10.0. The summed E-state index contributed by atoms with van der Waals surface area (Å²) < 4.78 is 2.06. The van der Waals surface area contributed by atoms with Crippen LogP contribution in [0.15, 0.2) is 72.8 Å². The number of benzene rings is 3. The molecule has 30 heavy (non-hydrogen) atoms. The minimum atomic E-state index is 0.0997. The maximum Gasteiger partial charge on any atom is 0.246 e. The van der Waals surface area contributed by atoms with Gasteiger partial charge in [-0.15, -0.1) is 0 Å². The lowest BCUT2D eigenvalue weighted by Gasteiger charge is -2.29. The fourth-order valence-electron chi connectivity index (χ4n) is 4.23. The Morgan fingerprint density at radius 3 is 2.60 bits per heavy atom. The van der Waals surface area contributed by atoms with Crippen molar-refractivity contribution < 1.29 is 4.79 Å². The van der Waals surface area contributed by atoms with Crippen molar-refractivity contribution in [3.63, 3.8) is 0 Å². The van der Waals surface area contributed by atoms with Crippen molar-refractivity contribution in [2.24, 2.45) is 0 Å². The molecule has 1 aliphatic rings. The second kappa shape index (κ2) is 7.96. The van der Waals surface area contributed by atoms with Crippen LogP contribution < -0.4 is 4.90 Å². The van der Waals surface area contributed by atoms with E-state index in [1.807, 2.05) is 71.6 Å². The average molecular weight is 416 g/mol. The highest BCUT2D eigenvalue weighted by atomic mass is 35.5. The number of hydrogen-bond acceptors (Lipinski definition) is 2. The van der Waals surface area contributed by atoms with Crippen LogP contribution in [0.2, 0.25) is 5.02 Å². The molecule has 0 radical (unpaired) electrons. The molecule has 0 saturated heterocycles. The van der Waals surface area contributed by atoms with Crippen LogP contribution in [0.5, 0.6) is 0 Å². The summed E-state index contributed by atoms with van der Waals surface area (Å²) in [6.07, 6.45) is 2.66. The van der Waals surface area contributed by atoms with Gasteiger partial charge in [-0.1, -0.05) is 54.1 Å². The lowest BCUT2D eigenvalue weighted by molar-refractivity contribution is -0.119. The van der Waals surface area contributed by atoms with E-state index in [2.05, 4.69) is 10.6 Å². The number of para-hydroxylation sites is 3. The highest BCUT2D eigenvalue weighted by Crippen LogP contribution is 2.28. The lowest BCUT2D eigenvalue weighted by Crippen LogP contribution is -2.38. The molecular formula is C25H22ClN3O. The summed E-state index contributed by atoms with van der Waals surface area (Å²) in [7, 11) is 0. The van der Waals surface area contributed by atoms with Crippen molar-refractivity contribution in [3.8, 4) is 0 Å². The van der Waals surface area contributed by atoms with E-state index >= 15 is 0 Å². The predicted octanol–water partition coefficient (Wildman–Crippen LogP) is 5.26. The van der Waals surface area contributed by atoms with Crippen LogP contribution in [0.25, 0.3) is 11.0 Å². The smallest absolute Gasteiger partial charge is 0.246 e. The number of fused-ring (bicyclic) bond motifs is 2. The van der Waals surface area contributed by atoms with Gasteiger partial charge in [0.15, 0.2) is 0 Å². The van der Waals surface area contributed by atoms with Gasteiger partial charge in [-0.3, -0.25) is 4.79 Å². The van der Waals surface area contributed by atoms with Gasteiger partial charge >= 0.3 is 0 Å². The number of imidazole rings is 1. The van der Waals surface area contributed by atoms with Crippen LogP contribution in [-0.4, -0.2) is 22.0 Å². The third-order valence-electron chi connectivity index (χ3n) is 5.71. The van der Waals surface area contributed by atoms with Crippen molar-refractivity contribution in [1.82, 2.24) is 9.55 Å². The Kier molecular flexibility index (Phi) is 5.01. The number of aryl methyl sites for hydroxylation is 1. The number of anilines is 1. The first-order chi connectivity index (χ1) is 14.7. The molecule has 0 aliphatic carbocycles. The van der Waals surface area contributed by atoms with Gasteiger partial charge in [0.05, 0.1) is 11.0 Å². The van der Waals surface area contributed by atoms with Crippen LogP contribution in [0.3, 0.4) is 0 Å². The van der Waals surface area contributed by atoms with Crippen LogP contribution >= 0.6 is 11.6 Å². The van der Waals surface area contributed by atoms with Crippen molar-refractivity contribution >= 4 is 34.2 Å². The first kappa shape index (κ1) is 18.9. The molecule has 0 N–H and O–H groups in total. The molecule has 3 aromatic carbocycles.